The average molecular weight is 330 g/mol. The van der Waals surface area contributed by atoms with E-state index >= 15 is 0 Å². The number of aliphatic hydroxyl groups excluding tert-OH is 3. The maximum absolute atomic E-state index is 10.2. The zero-order valence-electron chi connectivity index (χ0n) is 14.0. The molecule has 2 atom stereocenters. The van der Waals surface area contributed by atoms with Crippen LogP contribution in [0.1, 0.15) is 29.3 Å². The average Bonchev–Trinajstić information content (AvgIpc) is 2.60. The van der Waals surface area contributed by atoms with Crippen LogP contribution in [-0.2, 0) is 13.0 Å². The van der Waals surface area contributed by atoms with Crippen molar-refractivity contribution in [3.63, 3.8) is 0 Å². The van der Waals surface area contributed by atoms with Gasteiger partial charge in [-0.2, -0.15) is 0 Å². The van der Waals surface area contributed by atoms with Crippen LogP contribution in [0.15, 0.2) is 48.7 Å². The zero-order valence-corrected chi connectivity index (χ0v) is 14.0. The summed E-state index contributed by atoms with van der Waals surface area (Å²) in [4.78, 5) is 6.33. The Bertz CT molecular complexity index is 589. The number of aliphatic hydroxyl groups is 3. The lowest BCUT2D eigenvalue weighted by molar-refractivity contribution is 0.0596. The highest BCUT2D eigenvalue weighted by atomic mass is 16.3. The second kappa shape index (κ2) is 9.49. The molecule has 0 saturated heterocycles. The van der Waals surface area contributed by atoms with E-state index in [-0.39, 0.29) is 13.0 Å². The summed E-state index contributed by atoms with van der Waals surface area (Å²) < 4.78 is 0. The molecule has 0 amide bonds. The highest BCUT2D eigenvalue weighted by Gasteiger charge is 2.15. The highest BCUT2D eigenvalue weighted by molar-refractivity contribution is 5.23. The summed E-state index contributed by atoms with van der Waals surface area (Å²) in [6.45, 7) is 1.29. The van der Waals surface area contributed by atoms with Gasteiger partial charge in [0.1, 0.15) is 0 Å². The van der Waals surface area contributed by atoms with E-state index in [0.29, 0.717) is 6.54 Å². The van der Waals surface area contributed by atoms with Crippen LogP contribution in [0, 0.1) is 0 Å². The first-order chi connectivity index (χ1) is 11.6. The number of aromatic nitrogens is 1. The van der Waals surface area contributed by atoms with E-state index in [9.17, 15) is 10.2 Å². The third-order valence-corrected chi connectivity index (χ3v) is 4.04. The van der Waals surface area contributed by atoms with Crippen LogP contribution >= 0.6 is 0 Å². The number of nitrogens with zero attached hydrogens (tertiary/aromatic N) is 2. The van der Waals surface area contributed by atoms with Crippen molar-refractivity contribution in [1.29, 1.82) is 0 Å². The van der Waals surface area contributed by atoms with Gasteiger partial charge in [0.25, 0.3) is 0 Å². The molecule has 1 heterocycles. The lowest BCUT2D eigenvalue weighted by Crippen LogP contribution is -2.31. The molecule has 1 aromatic heterocycles. The van der Waals surface area contributed by atoms with Gasteiger partial charge in [-0.15, -0.1) is 0 Å². The summed E-state index contributed by atoms with van der Waals surface area (Å²) >= 11 is 0. The van der Waals surface area contributed by atoms with E-state index in [0.717, 1.165) is 29.8 Å². The fraction of sp³-hybridized carbons (Fsp3) is 0.421. The van der Waals surface area contributed by atoms with E-state index < -0.39 is 12.2 Å². The molecule has 5 heteroatoms. The Labute approximate surface area is 143 Å². The number of hydrogen-bond acceptors (Lipinski definition) is 5. The third kappa shape index (κ3) is 6.02. The molecule has 5 nitrogen and oxygen atoms in total. The van der Waals surface area contributed by atoms with E-state index in [1.54, 1.807) is 30.5 Å². The van der Waals surface area contributed by atoms with Gasteiger partial charge in [0.05, 0.1) is 18.8 Å². The molecule has 130 valence electrons. The topological polar surface area (TPSA) is 76.8 Å². The van der Waals surface area contributed by atoms with Gasteiger partial charge in [0.2, 0.25) is 0 Å². The Kier molecular flexibility index (Phi) is 7.34. The summed E-state index contributed by atoms with van der Waals surface area (Å²) in [5.74, 6) is 0. The van der Waals surface area contributed by atoms with Crippen LogP contribution < -0.4 is 0 Å². The molecular formula is C19H26N2O3. The molecule has 3 N–H and O–H groups in total. The number of likely N-dealkylation sites (N-methyl/N-ethyl adjacent to an activating group) is 1. The molecule has 0 radical (unpaired) electrons. The molecule has 0 spiro atoms. The Morgan fingerprint density at radius 3 is 2.46 bits per heavy atom. The smallest absolute Gasteiger partial charge is 0.0815 e. The third-order valence-electron chi connectivity index (χ3n) is 4.04. The molecule has 2 aromatic rings. The fourth-order valence-corrected chi connectivity index (χ4v) is 2.62. The molecular weight excluding hydrogens is 304 g/mol. The largest absolute Gasteiger partial charge is 0.392 e. The first-order valence-corrected chi connectivity index (χ1v) is 8.22. The second-order valence-corrected chi connectivity index (χ2v) is 6.14. The van der Waals surface area contributed by atoms with Crippen molar-refractivity contribution in [3.05, 3.63) is 65.5 Å². The molecule has 0 aliphatic heterocycles. The lowest BCUT2D eigenvalue weighted by atomic mass is 10.0. The second-order valence-electron chi connectivity index (χ2n) is 6.14. The predicted molar refractivity (Wildman–Crippen MR) is 93.4 cm³/mol. The van der Waals surface area contributed by atoms with Crippen LogP contribution in [-0.4, -0.2) is 51.4 Å². The first-order valence-electron chi connectivity index (χ1n) is 8.22. The minimum absolute atomic E-state index is 0.0138. The number of hydrogen-bond donors (Lipinski definition) is 3. The highest BCUT2D eigenvalue weighted by Crippen LogP contribution is 2.19. The van der Waals surface area contributed by atoms with Crippen molar-refractivity contribution in [2.24, 2.45) is 0 Å². The molecule has 0 bridgehead atoms. The van der Waals surface area contributed by atoms with Crippen LogP contribution in [0.3, 0.4) is 0 Å². The Balaban J connectivity index is 1.75. The van der Waals surface area contributed by atoms with Crippen LogP contribution in [0.2, 0.25) is 0 Å². The van der Waals surface area contributed by atoms with Gasteiger partial charge in [0, 0.05) is 37.8 Å². The van der Waals surface area contributed by atoms with Gasteiger partial charge in [-0.1, -0.05) is 30.3 Å². The first kappa shape index (κ1) is 18.5. The molecule has 2 rings (SSSR count). The van der Waals surface area contributed by atoms with Gasteiger partial charge in [-0.25, -0.2) is 0 Å². The zero-order chi connectivity index (χ0) is 17.4. The van der Waals surface area contributed by atoms with Gasteiger partial charge in [-0.3, -0.25) is 4.98 Å². The summed E-state index contributed by atoms with van der Waals surface area (Å²) in [5.41, 5.74) is 2.59. The molecule has 24 heavy (non-hydrogen) atoms. The SMILES string of the molecule is CN(CCc1ccccn1)C[C@@H](O)C[C@@H](O)c1ccc(CO)cc1. The molecule has 0 saturated carbocycles. The summed E-state index contributed by atoms with van der Waals surface area (Å²) in [5, 5.41) is 29.4. The molecule has 1 aromatic carbocycles. The summed E-state index contributed by atoms with van der Waals surface area (Å²) in [6.07, 6.45) is 1.58. The molecule has 0 fully saturated rings. The quantitative estimate of drug-likeness (QED) is 0.650. The molecule has 0 unspecified atom stereocenters. The number of benzene rings is 1. The summed E-state index contributed by atoms with van der Waals surface area (Å²) in [7, 11) is 1.95. The van der Waals surface area contributed by atoms with Crippen LogP contribution in [0.5, 0.6) is 0 Å². The van der Waals surface area contributed by atoms with Gasteiger partial charge in [0.15, 0.2) is 0 Å². The van der Waals surface area contributed by atoms with Crippen molar-refractivity contribution in [2.75, 3.05) is 20.1 Å². The van der Waals surface area contributed by atoms with E-state index in [2.05, 4.69) is 4.98 Å². The minimum Gasteiger partial charge on any atom is -0.392 e. The lowest BCUT2D eigenvalue weighted by Gasteiger charge is -2.22. The van der Waals surface area contributed by atoms with Gasteiger partial charge in [-0.05, 0) is 30.3 Å². The van der Waals surface area contributed by atoms with Crippen molar-refractivity contribution in [1.82, 2.24) is 9.88 Å². The number of pyridine rings is 1. The van der Waals surface area contributed by atoms with Crippen molar-refractivity contribution in [3.8, 4) is 0 Å². The van der Waals surface area contributed by atoms with Crippen molar-refractivity contribution >= 4 is 0 Å². The normalized spacial score (nSPS) is 13.9. The van der Waals surface area contributed by atoms with E-state index in [1.807, 2.05) is 30.1 Å². The van der Waals surface area contributed by atoms with Crippen LogP contribution in [0.4, 0.5) is 0 Å². The monoisotopic (exact) mass is 330 g/mol. The Hall–Kier alpha value is -1.79. The van der Waals surface area contributed by atoms with Gasteiger partial charge >= 0.3 is 0 Å². The maximum atomic E-state index is 10.2. The maximum Gasteiger partial charge on any atom is 0.0815 e. The fourth-order valence-electron chi connectivity index (χ4n) is 2.62. The van der Waals surface area contributed by atoms with E-state index in [1.165, 1.54) is 0 Å². The minimum atomic E-state index is -0.711. The van der Waals surface area contributed by atoms with Gasteiger partial charge < -0.3 is 20.2 Å². The van der Waals surface area contributed by atoms with E-state index in [4.69, 9.17) is 5.11 Å². The van der Waals surface area contributed by atoms with Crippen molar-refractivity contribution < 1.29 is 15.3 Å². The molecule has 0 aliphatic rings. The Morgan fingerprint density at radius 1 is 1.08 bits per heavy atom. The predicted octanol–water partition coefficient (Wildman–Crippen LogP) is 1.53. The van der Waals surface area contributed by atoms with Crippen molar-refractivity contribution in [2.45, 2.75) is 31.7 Å². The summed E-state index contributed by atoms with van der Waals surface area (Å²) in [6, 6.07) is 13.0. The Morgan fingerprint density at radius 2 is 1.83 bits per heavy atom. The van der Waals surface area contributed by atoms with Crippen LogP contribution in [0.25, 0.3) is 0 Å². The standard InChI is InChI=1S/C19H26N2O3/c1-21(11-9-17-4-2-3-10-20-17)13-18(23)12-19(24)16-7-5-15(14-22)6-8-16/h2-8,10,18-19,22-24H,9,11-14H2,1H3/t18-,19+/m0/s1. The number of rotatable bonds is 9. The molecule has 0 aliphatic carbocycles.